The van der Waals surface area contributed by atoms with Gasteiger partial charge in [0.05, 0.1) is 7.11 Å². The van der Waals surface area contributed by atoms with E-state index in [0.717, 1.165) is 0 Å². The van der Waals surface area contributed by atoms with E-state index in [9.17, 15) is 19.5 Å². The van der Waals surface area contributed by atoms with E-state index in [0.29, 0.717) is 11.4 Å². The van der Waals surface area contributed by atoms with E-state index >= 15 is 0 Å². The Balaban J connectivity index is 3.15. The second-order valence-electron chi connectivity index (χ2n) is 6.75. The molecule has 144 valence electrons. The molecule has 0 aliphatic heterocycles. The third-order valence-electron chi connectivity index (χ3n) is 3.74. The molecule has 1 atom stereocenters. The number of hydrogen-bond donors (Lipinski definition) is 2. The number of carbonyl (C=O) groups is 3. The normalized spacial score (nSPS) is 13.3. The number of benzene rings is 1. The van der Waals surface area contributed by atoms with Crippen molar-refractivity contribution in [3.63, 3.8) is 0 Å². The highest BCUT2D eigenvalue weighted by Crippen LogP contribution is 2.23. The molecule has 0 heterocycles. The standard InChI is InChI=1S/C18H26N2O6/c1-7-18(15(22)23,19-16(24)26-17(2,3)4)14(21)20(5)12-8-10-13(25-6)11-9-12/h8-11H,7H2,1-6H3,(H,19,24)(H,22,23). The molecule has 2 N–H and O–H groups in total. The third kappa shape index (κ3) is 4.87. The highest BCUT2D eigenvalue weighted by atomic mass is 16.6. The fourth-order valence-electron chi connectivity index (χ4n) is 2.28. The highest BCUT2D eigenvalue weighted by molar-refractivity contribution is 6.15. The van der Waals surface area contributed by atoms with Gasteiger partial charge in [0.2, 0.25) is 5.54 Å². The number of likely N-dealkylation sites (N-methyl/N-ethyl adjacent to an activating group) is 1. The zero-order chi connectivity index (χ0) is 20.1. The summed E-state index contributed by atoms with van der Waals surface area (Å²) in [7, 11) is 2.95. The molecule has 1 unspecified atom stereocenters. The van der Waals surface area contributed by atoms with Gasteiger partial charge in [0.1, 0.15) is 11.4 Å². The summed E-state index contributed by atoms with van der Waals surface area (Å²) < 4.78 is 10.2. The van der Waals surface area contributed by atoms with E-state index < -0.39 is 29.1 Å². The maximum atomic E-state index is 12.9. The first-order chi connectivity index (χ1) is 12.0. The summed E-state index contributed by atoms with van der Waals surface area (Å²) in [6.07, 6.45) is -1.13. The van der Waals surface area contributed by atoms with Crippen LogP contribution in [0.1, 0.15) is 34.1 Å². The Morgan fingerprint density at radius 2 is 1.69 bits per heavy atom. The third-order valence-corrected chi connectivity index (χ3v) is 3.74. The Bertz CT molecular complexity index is 665. The van der Waals surface area contributed by atoms with E-state index in [4.69, 9.17) is 9.47 Å². The minimum absolute atomic E-state index is 0.152. The molecule has 0 aliphatic carbocycles. The van der Waals surface area contributed by atoms with Crippen molar-refractivity contribution in [2.45, 2.75) is 45.3 Å². The molecule has 0 saturated carbocycles. The van der Waals surface area contributed by atoms with Gasteiger partial charge in [-0.3, -0.25) is 10.1 Å². The summed E-state index contributed by atoms with van der Waals surface area (Å²) in [4.78, 5) is 38.1. The summed E-state index contributed by atoms with van der Waals surface area (Å²) >= 11 is 0. The van der Waals surface area contributed by atoms with E-state index in [2.05, 4.69) is 5.32 Å². The van der Waals surface area contributed by atoms with Crippen LogP contribution in [-0.2, 0) is 14.3 Å². The molecule has 1 rings (SSSR count). The van der Waals surface area contributed by atoms with Crippen LogP contribution in [0, 0.1) is 0 Å². The summed E-state index contributed by atoms with van der Waals surface area (Å²) in [5, 5.41) is 11.9. The molecular formula is C18H26N2O6. The van der Waals surface area contributed by atoms with Crippen molar-refractivity contribution in [2.75, 3.05) is 19.1 Å². The number of ether oxygens (including phenoxy) is 2. The predicted octanol–water partition coefficient (Wildman–Crippen LogP) is 2.42. The molecule has 0 aromatic heterocycles. The smallest absolute Gasteiger partial charge is 0.408 e. The van der Waals surface area contributed by atoms with Crippen LogP contribution in [0.25, 0.3) is 0 Å². The van der Waals surface area contributed by atoms with Crippen LogP contribution < -0.4 is 15.0 Å². The van der Waals surface area contributed by atoms with Crippen LogP contribution in [0.4, 0.5) is 10.5 Å². The fourth-order valence-corrected chi connectivity index (χ4v) is 2.28. The fraction of sp³-hybridized carbons (Fsp3) is 0.500. The molecule has 1 aromatic rings. The van der Waals surface area contributed by atoms with Crippen molar-refractivity contribution in [1.29, 1.82) is 0 Å². The van der Waals surface area contributed by atoms with Crippen molar-refractivity contribution < 1.29 is 29.0 Å². The summed E-state index contributed by atoms with van der Waals surface area (Å²) in [5.74, 6) is -1.65. The lowest BCUT2D eigenvalue weighted by atomic mass is 9.94. The molecule has 26 heavy (non-hydrogen) atoms. The monoisotopic (exact) mass is 366 g/mol. The van der Waals surface area contributed by atoms with Gasteiger partial charge in [0, 0.05) is 12.7 Å². The van der Waals surface area contributed by atoms with Gasteiger partial charge in [-0.05, 0) is 51.5 Å². The first kappa shape index (κ1) is 21.3. The summed E-state index contributed by atoms with van der Waals surface area (Å²) in [6, 6.07) is 6.53. The number of nitrogens with zero attached hydrogens (tertiary/aromatic N) is 1. The number of anilines is 1. The van der Waals surface area contributed by atoms with Crippen molar-refractivity contribution in [3.8, 4) is 5.75 Å². The average Bonchev–Trinajstić information content (AvgIpc) is 2.56. The van der Waals surface area contributed by atoms with Gasteiger partial charge in [0.25, 0.3) is 5.91 Å². The molecule has 1 aromatic carbocycles. The van der Waals surface area contributed by atoms with Crippen LogP contribution in [0.5, 0.6) is 5.75 Å². The highest BCUT2D eigenvalue weighted by Gasteiger charge is 2.49. The number of alkyl carbamates (subject to hydrolysis) is 1. The largest absolute Gasteiger partial charge is 0.497 e. The lowest BCUT2D eigenvalue weighted by molar-refractivity contribution is -0.150. The number of carboxylic acids is 1. The number of carboxylic acid groups (broad SMARTS) is 1. The molecule has 0 fully saturated rings. The second kappa shape index (κ2) is 8.07. The van der Waals surface area contributed by atoms with Crippen LogP contribution in [0.2, 0.25) is 0 Å². The maximum absolute atomic E-state index is 12.9. The molecule has 0 saturated heterocycles. The molecular weight excluding hydrogens is 340 g/mol. The predicted molar refractivity (Wildman–Crippen MR) is 96.4 cm³/mol. The Labute approximate surface area is 153 Å². The van der Waals surface area contributed by atoms with Crippen molar-refractivity contribution >= 4 is 23.7 Å². The number of rotatable bonds is 6. The van der Waals surface area contributed by atoms with Gasteiger partial charge in [-0.15, -0.1) is 0 Å². The van der Waals surface area contributed by atoms with Gasteiger partial charge in [0.15, 0.2) is 0 Å². The first-order valence-corrected chi connectivity index (χ1v) is 8.13. The zero-order valence-corrected chi connectivity index (χ0v) is 16.0. The van der Waals surface area contributed by atoms with Gasteiger partial charge < -0.3 is 19.5 Å². The average molecular weight is 366 g/mol. The van der Waals surface area contributed by atoms with Crippen LogP contribution >= 0.6 is 0 Å². The lowest BCUT2D eigenvalue weighted by Gasteiger charge is -2.33. The quantitative estimate of drug-likeness (QED) is 0.749. The molecule has 8 nitrogen and oxygen atoms in total. The number of methoxy groups -OCH3 is 1. The number of nitrogens with one attached hydrogen (secondary N) is 1. The van der Waals surface area contributed by atoms with Gasteiger partial charge in [-0.25, -0.2) is 9.59 Å². The van der Waals surface area contributed by atoms with E-state index in [1.54, 1.807) is 45.0 Å². The Kier molecular flexibility index (Phi) is 6.60. The maximum Gasteiger partial charge on any atom is 0.408 e. The SMILES string of the molecule is CCC(NC(=O)OC(C)(C)C)(C(=O)O)C(=O)N(C)c1ccc(OC)cc1. The number of aliphatic carboxylic acids is 1. The van der Waals surface area contributed by atoms with Crippen molar-refractivity contribution in [3.05, 3.63) is 24.3 Å². The minimum Gasteiger partial charge on any atom is -0.497 e. The number of carbonyl (C=O) groups excluding carboxylic acids is 2. The van der Waals surface area contributed by atoms with E-state index in [1.807, 2.05) is 0 Å². The second-order valence-corrected chi connectivity index (χ2v) is 6.75. The summed E-state index contributed by atoms with van der Waals surface area (Å²) in [5.41, 5.74) is -2.51. The van der Waals surface area contributed by atoms with Crippen LogP contribution in [0.3, 0.4) is 0 Å². The van der Waals surface area contributed by atoms with Crippen molar-refractivity contribution in [2.24, 2.45) is 0 Å². The summed E-state index contributed by atoms with van der Waals surface area (Å²) in [6.45, 7) is 6.44. The number of amides is 2. The molecule has 2 amide bonds. The van der Waals surface area contributed by atoms with Crippen LogP contribution in [-0.4, -0.2) is 48.4 Å². The Morgan fingerprint density at radius 3 is 2.08 bits per heavy atom. The molecule has 0 bridgehead atoms. The topological polar surface area (TPSA) is 105 Å². The molecule has 0 spiro atoms. The zero-order valence-electron chi connectivity index (χ0n) is 16.0. The Hall–Kier alpha value is -2.77. The van der Waals surface area contributed by atoms with E-state index in [-0.39, 0.29) is 6.42 Å². The van der Waals surface area contributed by atoms with Gasteiger partial charge >= 0.3 is 12.1 Å². The molecule has 0 radical (unpaired) electrons. The molecule has 8 heteroatoms. The van der Waals surface area contributed by atoms with Gasteiger partial charge in [-0.1, -0.05) is 6.92 Å². The minimum atomic E-state index is -2.14. The van der Waals surface area contributed by atoms with E-state index in [1.165, 1.54) is 26.0 Å². The Morgan fingerprint density at radius 1 is 1.15 bits per heavy atom. The lowest BCUT2D eigenvalue weighted by Crippen LogP contribution is -2.64. The van der Waals surface area contributed by atoms with Crippen LogP contribution in [0.15, 0.2) is 24.3 Å². The van der Waals surface area contributed by atoms with Crippen molar-refractivity contribution in [1.82, 2.24) is 5.32 Å². The number of hydrogen-bond acceptors (Lipinski definition) is 5. The first-order valence-electron chi connectivity index (χ1n) is 8.13. The molecule has 0 aliphatic rings. The van der Waals surface area contributed by atoms with Gasteiger partial charge in [-0.2, -0.15) is 0 Å².